The van der Waals surface area contributed by atoms with Crippen LogP contribution in [0.1, 0.15) is 86.0 Å². The first-order valence-corrected chi connectivity index (χ1v) is 16.8. The molecule has 0 aliphatic carbocycles. The van der Waals surface area contributed by atoms with Crippen molar-refractivity contribution in [2.45, 2.75) is 109 Å². The minimum Gasteiger partial charge on any atom is -0.404 e. The van der Waals surface area contributed by atoms with Crippen LogP contribution in [0.15, 0.2) is 73.3 Å². The zero-order chi connectivity index (χ0) is 27.6. The molecule has 2 aromatic carbocycles. The Morgan fingerprint density at radius 3 is 2.00 bits per heavy atom. The fourth-order valence-electron chi connectivity index (χ4n) is 6.54. The Labute approximate surface area is 233 Å². The Kier molecular flexibility index (Phi) is 11.8. The molecule has 1 aliphatic rings. The fraction of sp³-hybridized carbons (Fsp3) is 0.588. The van der Waals surface area contributed by atoms with Crippen LogP contribution in [0.4, 0.5) is 0 Å². The van der Waals surface area contributed by atoms with Gasteiger partial charge in [-0.25, -0.2) is 0 Å². The summed E-state index contributed by atoms with van der Waals surface area (Å²) in [5.74, 6) is 1.32. The Morgan fingerprint density at radius 1 is 0.947 bits per heavy atom. The summed E-state index contributed by atoms with van der Waals surface area (Å²) in [6.07, 6.45) is 10.8. The molecular weight excluding hydrogens is 484 g/mol. The molecule has 0 spiro atoms. The molecule has 0 saturated carbocycles. The van der Waals surface area contributed by atoms with Crippen molar-refractivity contribution in [3.63, 3.8) is 0 Å². The number of hydrogen-bond donors (Lipinski definition) is 1. The van der Waals surface area contributed by atoms with Gasteiger partial charge in [-0.15, -0.1) is 6.58 Å². The summed E-state index contributed by atoms with van der Waals surface area (Å²) in [5.41, 5.74) is 0. The minimum absolute atomic E-state index is 0.0555. The molecule has 3 nitrogen and oxygen atoms in total. The molecule has 0 radical (unpaired) electrons. The van der Waals surface area contributed by atoms with Gasteiger partial charge in [-0.2, -0.15) is 0 Å². The van der Waals surface area contributed by atoms with E-state index in [2.05, 4.69) is 102 Å². The number of hydrogen-bond acceptors (Lipinski definition) is 3. The van der Waals surface area contributed by atoms with E-state index in [1.165, 1.54) is 23.2 Å². The molecule has 1 heterocycles. The molecule has 0 unspecified atom stereocenters. The van der Waals surface area contributed by atoms with E-state index in [0.717, 1.165) is 32.1 Å². The maximum absolute atomic E-state index is 10.1. The van der Waals surface area contributed by atoms with E-state index in [1.807, 2.05) is 6.08 Å². The van der Waals surface area contributed by atoms with Crippen molar-refractivity contribution in [2.24, 2.45) is 11.8 Å². The predicted octanol–water partition coefficient (Wildman–Crippen LogP) is 7.27. The SMILES string of the molecule is C=CC[C@H](C)C[C@H](C)C[C@H]1CCC[C@@H](C[C@H](CCO)O[Si](c2ccccc2)(c2ccccc2)C(C)(C)C)O1. The summed E-state index contributed by atoms with van der Waals surface area (Å²) in [6, 6.07) is 21.6. The van der Waals surface area contributed by atoms with Crippen molar-refractivity contribution in [2.75, 3.05) is 6.61 Å². The van der Waals surface area contributed by atoms with E-state index in [0.29, 0.717) is 24.4 Å². The summed E-state index contributed by atoms with van der Waals surface area (Å²) >= 11 is 0. The zero-order valence-electron chi connectivity index (χ0n) is 24.6. The number of benzene rings is 2. The van der Waals surface area contributed by atoms with Gasteiger partial charge in [0.25, 0.3) is 8.32 Å². The third-order valence-electron chi connectivity index (χ3n) is 8.21. The molecule has 38 heavy (non-hydrogen) atoms. The first-order chi connectivity index (χ1) is 18.2. The average Bonchev–Trinajstić information content (AvgIpc) is 2.88. The van der Waals surface area contributed by atoms with Crippen LogP contribution in [0.2, 0.25) is 5.04 Å². The first kappa shape index (κ1) is 30.8. The van der Waals surface area contributed by atoms with Crippen molar-refractivity contribution in [3.8, 4) is 0 Å². The van der Waals surface area contributed by atoms with Gasteiger partial charge in [-0.1, -0.05) is 101 Å². The zero-order valence-corrected chi connectivity index (χ0v) is 25.6. The van der Waals surface area contributed by atoms with Crippen molar-refractivity contribution < 1.29 is 14.3 Å². The molecule has 0 amide bonds. The number of ether oxygens (including phenoxy) is 1. The quantitative estimate of drug-likeness (QED) is 0.204. The van der Waals surface area contributed by atoms with E-state index >= 15 is 0 Å². The Hall–Kier alpha value is -1.72. The second kappa shape index (κ2) is 14.6. The normalized spacial score (nSPS) is 21.0. The first-order valence-electron chi connectivity index (χ1n) is 14.9. The summed E-state index contributed by atoms with van der Waals surface area (Å²) in [6.45, 7) is 15.7. The Morgan fingerprint density at radius 2 is 1.50 bits per heavy atom. The summed E-state index contributed by atoms with van der Waals surface area (Å²) in [7, 11) is -2.68. The fourth-order valence-corrected chi connectivity index (χ4v) is 11.3. The third-order valence-corrected chi connectivity index (χ3v) is 13.3. The van der Waals surface area contributed by atoms with Gasteiger partial charge in [0, 0.05) is 6.61 Å². The Bertz CT molecular complexity index is 900. The number of allylic oxidation sites excluding steroid dienone is 1. The van der Waals surface area contributed by atoms with Crippen LogP contribution in [0.3, 0.4) is 0 Å². The van der Waals surface area contributed by atoms with Crippen molar-refractivity contribution in [3.05, 3.63) is 73.3 Å². The smallest absolute Gasteiger partial charge is 0.261 e. The third kappa shape index (κ3) is 8.14. The molecule has 4 heteroatoms. The lowest BCUT2D eigenvalue weighted by Gasteiger charge is -2.46. The Balaban J connectivity index is 1.81. The van der Waals surface area contributed by atoms with Crippen LogP contribution in [-0.4, -0.2) is 38.3 Å². The van der Waals surface area contributed by atoms with Crippen LogP contribution in [0.25, 0.3) is 0 Å². The monoisotopic (exact) mass is 536 g/mol. The number of rotatable bonds is 14. The van der Waals surface area contributed by atoms with Gasteiger partial charge in [-0.3, -0.25) is 0 Å². The summed E-state index contributed by atoms with van der Waals surface area (Å²) < 4.78 is 14.1. The topological polar surface area (TPSA) is 38.7 Å². The van der Waals surface area contributed by atoms with Crippen LogP contribution >= 0.6 is 0 Å². The van der Waals surface area contributed by atoms with Crippen molar-refractivity contribution >= 4 is 18.7 Å². The minimum atomic E-state index is -2.68. The van der Waals surface area contributed by atoms with E-state index in [9.17, 15) is 5.11 Å². The highest BCUT2D eigenvalue weighted by atomic mass is 28.4. The highest BCUT2D eigenvalue weighted by Crippen LogP contribution is 2.39. The van der Waals surface area contributed by atoms with E-state index in [-0.39, 0.29) is 23.9 Å². The van der Waals surface area contributed by atoms with Crippen LogP contribution in [0.5, 0.6) is 0 Å². The van der Waals surface area contributed by atoms with Gasteiger partial charge in [0.1, 0.15) is 0 Å². The average molecular weight is 537 g/mol. The maximum Gasteiger partial charge on any atom is 0.261 e. The molecular formula is C34H52O3Si. The van der Waals surface area contributed by atoms with Gasteiger partial charge in [0.05, 0.1) is 18.3 Å². The van der Waals surface area contributed by atoms with E-state index < -0.39 is 8.32 Å². The summed E-state index contributed by atoms with van der Waals surface area (Å²) in [4.78, 5) is 0. The molecule has 1 saturated heterocycles. The molecule has 5 atom stereocenters. The van der Waals surface area contributed by atoms with E-state index in [4.69, 9.17) is 9.16 Å². The van der Waals surface area contributed by atoms with E-state index in [1.54, 1.807) is 0 Å². The molecule has 1 N–H and O–H groups in total. The molecule has 1 aliphatic heterocycles. The molecule has 0 aromatic heterocycles. The maximum atomic E-state index is 10.1. The van der Waals surface area contributed by atoms with Crippen molar-refractivity contribution in [1.29, 1.82) is 0 Å². The van der Waals surface area contributed by atoms with Crippen LogP contribution < -0.4 is 10.4 Å². The lowest BCUT2D eigenvalue weighted by Crippen LogP contribution is -2.68. The summed E-state index contributed by atoms with van der Waals surface area (Å²) in [5, 5.41) is 12.6. The second-order valence-electron chi connectivity index (χ2n) is 12.7. The lowest BCUT2D eigenvalue weighted by atomic mass is 9.88. The number of aliphatic hydroxyl groups is 1. The van der Waals surface area contributed by atoms with Crippen LogP contribution in [0, 0.1) is 11.8 Å². The highest BCUT2D eigenvalue weighted by molar-refractivity contribution is 6.99. The number of aliphatic hydroxyl groups excluding tert-OH is 1. The highest BCUT2D eigenvalue weighted by Gasteiger charge is 2.51. The van der Waals surface area contributed by atoms with Gasteiger partial charge < -0.3 is 14.3 Å². The largest absolute Gasteiger partial charge is 0.404 e. The van der Waals surface area contributed by atoms with Gasteiger partial charge in [-0.05, 0) is 78.6 Å². The molecule has 2 aromatic rings. The lowest BCUT2D eigenvalue weighted by molar-refractivity contribution is -0.0765. The van der Waals surface area contributed by atoms with Gasteiger partial charge in [0.2, 0.25) is 0 Å². The van der Waals surface area contributed by atoms with Crippen molar-refractivity contribution in [1.82, 2.24) is 0 Å². The standard InChI is InChI=1S/C34H52O3Si/c1-7-15-27(2)24-28(3)25-29-16-14-17-30(36-29)26-31(22-23-35)37-38(34(4,5)6,32-18-10-8-11-19-32)33-20-12-9-13-21-33/h7-13,18-21,27-31,35H,1,14-17,22-26H2,2-6H3/t27-,28-,29+,30-,31-/m0/s1. The molecule has 0 bridgehead atoms. The molecule has 210 valence electrons. The van der Waals surface area contributed by atoms with Gasteiger partial charge >= 0.3 is 0 Å². The van der Waals surface area contributed by atoms with Gasteiger partial charge in [0.15, 0.2) is 0 Å². The second-order valence-corrected chi connectivity index (χ2v) is 16.9. The van der Waals surface area contributed by atoms with Crippen LogP contribution in [-0.2, 0) is 9.16 Å². The molecule has 1 fully saturated rings. The predicted molar refractivity (Wildman–Crippen MR) is 164 cm³/mol. The molecule has 3 rings (SSSR count).